The molecule has 1 heterocycles. The van der Waals surface area contributed by atoms with Gasteiger partial charge in [0, 0.05) is 13.1 Å². The number of esters is 1. The van der Waals surface area contributed by atoms with Crippen molar-refractivity contribution in [1.82, 2.24) is 9.21 Å². The second kappa shape index (κ2) is 7.74. The Labute approximate surface area is 126 Å². The zero-order valence-electron chi connectivity index (χ0n) is 12.9. The molecule has 122 valence electrons. The molecule has 1 aliphatic heterocycles. The minimum atomic E-state index is -3.41. The number of rotatable bonds is 7. The van der Waals surface area contributed by atoms with Gasteiger partial charge in [-0.05, 0) is 26.2 Å². The molecule has 7 nitrogen and oxygen atoms in total. The Kier molecular flexibility index (Phi) is 6.60. The third-order valence-corrected chi connectivity index (χ3v) is 5.62. The molecule has 0 aromatic heterocycles. The summed E-state index contributed by atoms with van der Waals surface area (Å²) in [4.78, 5) is 25.2. The van der Waals surface area contributed by atoms with E-state index in [4.69, 9.17) is 0 Å². The average Bonchev–Trinajstić information content (AvgIpc) is 2.93. The number of ether oxygens (including phenoxy) is 1. The molecule has 0 aromatic rings. The van der Waals surface area contributed by atoms with Crippen LogP contribution in [0.2, 0.25) is 0 Å². The van der Waals surface area contributed by atoms with Gasteiger partial charge in [0.1, 0.15) is 12.6 Å². The Bertz CT molecular complexity index is 477. The summed E-state index contributed by atoms with van der Waals surface area (Å²) in [6, 6.07) is -0.689. The van der Waals surface area contributed by atoms with Gasteiger partial charge in [-0.2, -0.15) is 4.31 Å². The molecule has 0 spiro atoms. The van der Waals surface area contributed by atoms with Crippen LogP contribution in [0, 0.1) is 0 Å². The molecular formula is C13H24N2O5S. The first-order valence-electron chi connectivity index (χ1n) is 7.22. The zero-order valence-corrected chi connectivity index (χ0v) is 13.7. The second-order valence-corrected chi connectivity index (χ2v) is 7.05. The number of sulfonamides is 1. The third-order valence-electron chi connectivity index (χ3n) is 3.55. The molecule has 1 atom stereocenters. The van der Waals surface area contributed by atoms with Gasteiger partial charge in [0.25, 0.3) is 0 Å². The van der Waals surface area contributed by atoms with E-state index in [1.165, 1.54) is 16.3 Å². The largest absolute Gasteiger partial charge is 0.468 e. The Morgan fingerprint density at radius 1 is 1.33 bits per heavy atom. The lowest BCUT2D eigenvalue weighted by Gasteiger charge is -2.28. The van der Waals surface area contributed by atoms with Gasteiger partial charge in [-0.3, -0.25) is 9.59 Å². The van der Waals surface area contributed by atoms with E-state index < -0.39 is 22.0 Å². The van der Waals surface area contributed by atoms with Crippen LogP contribution in [0.1, 0.15) is 33.1 Å². The Morgan fingerprint density at radius 3 is 2.52 bits per heavy atom. The highest BCUT2D eigenvalue weighted by atomic mass is 32.2. The van der Waals surface area contributed by atoms with E-state index in [2.05, 4.69) is 4.74 Å². The molecule has 1 amide bonds. The fourth-order valence-electron chi connectivity index (χ4n) is 2.47. The molecule has 1 fully saturated rings. The number of methoxy groups -OCH3 is 1. The summed E-state index contributed by atoms with van der Waals surface area (Å²) >= 11 is 0. The van der Waals surface area contributed by atoms with Gasteiger partial charge in [0.2, 0.25) is 15.9 Å². The van der Waals surface area contributed by atoms with Crippen molar-refractivity contribution in [1.29, 1.82) is 0 Å². The third kappa shape index (κ3) is 4.41. The smallest absolute Gasteiger partial charge is 0.325 e. The molecule has 1 rings (SSSR count). The Morgan fingerprint density at radius 2 is 2.00 bits per heavy atom. The van der Waals surface area contributed by atoms with E-state index in [0.29, 0.717) is 32.4 Å². The Hall–Kier alpha value is -1.15. The summed E-state index contributed by atoms with van der Waals surface area (Å²) in [7, 11) is -2.15. The number of carbonyl (C=O) groups is 2. The normalized spacial score (nSPS) is 19.5. The van der Waals surface area contributed by atoms with Crippen LogP contribution in [0.4, 0.5) is 0 Å². The Balaban J connectivity index is 2.86. The number of amides is 1. The van der Waals surface area contributed by atoms with E-state index in [0.717, 1.165) is 0 Å². The van der Waals surface area contributed by atoms with Crippen LogP contribution < -0.4 is 0 Å². The standard InChI is InChI=1S/C13H24N2O5S/c1-4-9-21(18,19)15-8-6-7-11(15)13(17)14(5-2)10-12(16)20-3/h11H,4-10H2,1-3H3. The fraction of sp³-hybridized carbons (Fsp3) is 0.846. The lowest BCUT2D eigenvalue weighted by Crippen LogP contribution is -2.49. The number of hydrogen-bond acceptors (Lipinski definition) is 5. The summed E-state index contributed by atoms with van der Waals surface area (Å²) in [6.45, 7) is 4.10. The maximum atomic E-state index is 12.5. The number of carbonyl (C=O) groups excluding carboxylic acids is 2. The molecule has 1 aliphatic rings. The minimum absolute atomic E-state index is 0.0416. The lowest BCUT2D eigenvalue weighted by molar-refractivity contribution is -0.148. The maximum Gasteiger partial charge on any atom is 0.325 e. The number of hydrogen-bond donors (Lipinski definition) is 0. The molecular weight excluding hydrogens is 296 g/mol. The van der Waals surface area contributed by atoms with Gasteiger partial charge >= 0.3 is 5.97 Å². The quantitative estimate of drug-likeness (QED) is 0.626. The predicted molar refractivity (Wildman–Crippen MR) is 78.1 cm³/mol. The summed E-state index contributed by atoms with van der Waals surface area (Å²) < 4.78 is 30.3. The molecule has 0 N–H and O–H groups in total. The van der Waals surface area contributed by atoms with Crippen molar-refractivity contribution in [2.24, 2.45) is 0 Å². The van der Waals surface area contributed by atoms with Crippen LogP contribution >= 0.6 is 0 Å². The van der Waals surface area contributed by atoms with Crippen LogP contribution in [0.3, 0.4) is 0 Å². The van der Waals surface area contributed by atoms with E-state index in [1.807, 2.05) is 0 Å². The van der Waals surface area contributed by atoms with Crippen LogP contribution in [-0.4, -0.2) is 68.0 Å². The minimum Gasteiger partial charge on any atom is -0.468 e. The summed E-state index contributed by atoms with van der Waals surface area (Å²) in [6.07, 6.45) is 1.67. The molecule has 0 aliphatic carbocycles. The topological polar surface area (TPSA) is 84.0 Å². The molecule has 1 unspecified atom stereocenters. The highest BCUT2D eigenvalue weighted by molar-refractivity contribution is 7.89. The zero-order chi connectivity index (χ0) is 16.0. The SMILES string of the molecule is CCCS(=O)(=O)N1CCCC1C(=O)N(CC)CC(=O)OC. The highest BCUT2D eigenvalue weighted by Crippen LogP contribution is 2.23. The van der Waals surface area contributed by atoms with Crippen LogP contribution in [0.25, 0.3) is 0 Å². The molecule has 0 bridgehead atoms. The van der Waals surface area contributed by atoms with Crippen LogP contribution in [0.15, 0.2) is 0 Å². The molecule has 0 saturated carbocycles. The number of nitrogens with zero attached hydrogens (tertiary/aromatic N) is 2. The van der Waals surface area contributed by atoms with Crippen molar-refractivity contribution < 1.29 is 22.7 Å². The van der Waals surface area contributed by atoms with Gasteiger partial charge in [-0.1, -0.05) is 6.92 Å². The highest BCUT2D eigenvalue weighted by Gasteiger charge is 2.40. The van der Waals surface area contributed by atoms with Crippen molar-refractivity contribution in [3.05, 3.63) is 0 Å². The molecule has 0 aromatic carbocycles. The van der Waals surface area contributed by atoms with Crippen LogP contribution in [0.5, 0.6) is 0 Å². The first-order chi connectivity index (χ1) is 9.87. The van der Waals surface area contributed by atoms with Crippen molar-refractivity contribution in [3.63, 3.8) is 0 Å². The van der Waals surface area contributed by atoms with Crippen molar-refractivity contribution in [2.75, 3.05) is 32.5 Å². The summed E-state index contributed by atoms with van der Waals surface area (Å²) in [5, 5.41) is 0. The summed E-state index contributed by atoms with van der Waals surface area (Å²) in [5.74, 6) is -0.786. The van der Waals surface area contributed by atoms with Gasteiger partial charge in [-0.25, -0.2) is 8.42 Å². The van der Waals surface area contributed by atoms with E-state index in [1.54, 1.807) is 13.8 Å². The van der Waals surface area contributed by atoms with Crippen LogP contribution in [-0.2, 0) is 24.3 Å². The van der Waals surface area contributed by atoms with Crippen molar-refractivity contribution >= 4 is 21.9 Å². The van der Waals surface area contributed by atoms with Gasteiger partial charge in [0.15, 0.2) is 0 Å². The van der Waals surface area contributed by atoms with Gasteiger partial charge < -0.3 is 9.64 Å². The molecule has 21 heavy (non-hydrogen) atoms. The van der Waals surface area contributed by atoms with Crippen molar-refractivity contribution in [2.45, 2.75) is 39.2 Å². The van der Waals surface area contributed by atoms with Gasteiger partial charge in [-0.15, -0.1) is 0 Å². The lowest BCUT2D eigenvalue weighted by atomic mass is 10.2. The van der Waals surface area contributed by atoms with E-state index >= 15 is 0 Å². The average molecular weight is 320 g/mol. The molecule has 1 saturated heterocycles. The van der Waals surface area contributed by atoms with E-state index in [-0.39, 0.29) is 18.2 Å². The monoisotopic (exact) mass is 320 g/mol. The van der Waals surface area contributed by atoms with E-state index in [9.17, 15) is 18.0 Å². The predicted octanol–water partition coefficient (Wildman–Crippen LogP) is 0.212. The first-order valence-corrected chi connectivity index (χ1v) is 8.83. The van der Waals surface area contributed by atoms with Gasteiger partial charge in [0.05, 0.1) is 12.9 Å². The molecule has 0 radical (unpaired) electrons. The second-order valence-electron chi connectivity index (χ2n) is 5.01. The fourth-order valence-corrected chi connectivity index (χ4v) is 4.21. The first kappa shape index (κ1) is 17.9. The number of likely N-dealkylation sites (N-methyl/N-ethyl adjacent to an activating group) is 1. The summed E-state index contributed by atoms with van der Waals surface area (Å²) in [5.41, 5.74) is 0. The molecule has 8 heteroatoms. The maximum absolute atomic E-state index is 12.5. The van der Waals surface area contributed by atoms with Crippen molar-refractivity contribution in [3.8, 4) is 0 Å².